The lowest BCUT2D eigenvalue weighted by Gasteiger charge is -2.34. The number of thiophene rings is 1. The largest absolute Gasteiger partial charge is 0.342 e. The van der Waals surface area contributed by atoms with Gasteiger partial charge in [0.1, 0.15) is 17.0 Å². The van der Waals surface area contributed by atoms with E-state index in [4.69, 9.17) is 0 Å². The van der Waals surface area contributed by atoms with Crippen LogP contribution in [0.1, 0.15) is 36.6 Å². The number of benzene rings is 1. The summed E-state index contributed by atoms with van der Waals surface area (Å²) in [6.07, 6.45) is 8.33. The van der Waals surface area contributed by atoms with E-state index in [0.717, 1.165) is 83.7 Å². The third-order valence-corrected chi connectivity index (χ3v) is 8.16. The standard InChI is InChI=1S/C24H26N6OS/c1-14-6-8-30(9-7-14)24(31)15-2-4-18-20(11-15)32-23-21(18)22(25-13-26-23)28-17-3-5-19-16(10-17)12-27-29-19/h3,5,10,12-15H,2,4,6-9,11H2,1H3,(H,27,29)(H,25,26,28). The van der Waals surface area contributed by atoms with Crippen molar-refractivity contribution in [3.05, 3.63) is 41.2 Å². The highest BCUT2D eigenvalue weighted by Gasteiger charge is 2.32. The van der Waals surface area contributed by atoms with Crippen molar-refractivity contribution in [2.75, 3.05) is 18.4 Å². The van der Waals surface area contributed by atoms with Gasteiger partial charge in [-0.2, -0.15) is 5.10 Å². The van der Waals surface area contributed by atoms with Crippen molar-refractivity contribution in [3.8, 4) is 0 Å². The number of fused-ring (bicyclic) bond motifs is 4. The molecule has 4 heterocycles. The van der Waals surface area contributed by atoms with Crippen molar-refractivity contribution < 1.29 is 4.79 Å². The Morgan fingerprint density at radius 1 is 1.22 bits per heavy atom. The first kappa shape index (κ1) is 19.7. The Labute approximate surface area is 190 Å². The number of rotatable bonds is 3. The Kier molecular flexibility index (Phi) is 4.82. The summed E-state index contributed by atoms with van der Waals surface area (Å²) in [6, 6.07) is 6.12. The summed E-state index contributed by atoms with van der Waals surface area (Å²) in [4.78, 5) is 26.7. The first-order valence-electron chi connectivity index (χ1n) is 11.4. The van der Waals surface area contributed by atoms with Gasteiger partial charge in [-0.1, -0.05) is 6.92 Å². The van der Waals surface area contributed by atoms with Crippen LogP contribution in [-0.4, -0.2) is 44.1 Å². The number of carbonyl (C=O) groups is 1. The summed E-state index contributed by atoms with van der Waals surface area (Å²) < 4.78 is 0. The van der Waals surface area contributed by atoms with Crippen LogP contribution in [0.3, 0.4) is 0 Å². The number of aromatic amines is 1. The molecule has 3 aromatic heterocycles. The van der Waals surface area contributed by atoms with E-state index < -0.39 is 0 Å². The molecule has 8 heteroatoms. The van der Waals surface area contributed by atoms with Crippen LogP contribution in [0.2, 0.25) is 0 Å². The summed E-state index contributed by atoms with van der Waals surface area (Å²) in [7, 11) is 0. The zero-order chi connectivity index (χ0) is 21.7. The molecule has 0 radical (unpaired) electrons. The Morgan fingerprint density at radius 3 is 2.97 bits per heavy atom. The molecule has 0 bridgehead atoms. The summed E-state index contributed by atoms with van der Waals surface area (Å²) >= 11 is 1.72. The predicted molar refractivity (Wildman–Crippen MR) is 127 cm³/mol. The molecule has 1 aliphatic heterocycles. The van der Waals surface area contributed by atoms with Gasteiger partial charge in [0, 0.05) is 35.0 Å². The fourth-order valence-electron chi connectivity index (χ4n) is 5.06. The summed E-state index contributed by atoms with van der Waals surface area (Å²) in [5.74, 6) is 2.01. The normalized spacial score (nSPS) is 19.4. The molecule has 0 saturated carbocycles. The van der Waals surface area contributed by atoms with Crippen molar-refractivity contribution in [1.82, 2.24) is 25.1 Å². The van der Waals surface area contributed by atoms with E-state index in [0.29, 0.717) is 5.91 Å². The van der Waals surface area contributed by atoms with Gasteiger partial charge in [0.25, 0.3) is 0 Å². The zero-order valence-corrected chi connectivity index (χ0v) is 18.9. The number of carbonyl (C=O) groups excluding carboxylic acids is 1. The molecule has 7 nitrogen and oxygen atoms in total. The van der Waals surface area contributed by atoms with Gasteiger partial charge in [0.15, 0.2) is 0 Å². The van der Waals surface area contributed by atoms with Crippen molar-refractivity contribution in [1.29, 1.82) is 0 Å². The molecule has 0 spiro atoms. The maximum absolute atomic E-state index is 13.2. The number of amides is 1. The highest BCUT2D eigenvalue weighted by Crippen LogP contribution is 2.41. The first-order chi connectivity index (χ1) is 15.7. The smallest absolute Gasteiger partial charge is 0.226 e. The van der Waals surface area contributed by atoms with E-state index in [1.54, 1.807) is 17.7 Å². The molecule has 1 aliphatic carbocycles. The molecule has 32 heavy (non-hydrogen) atoms. The summed E-state index contributed by atoms with van der Waals surface area (Å²) in [6.45, 7) is 4.11. The van der Waals surface area contributed by atoms with Crippen molar-refractivity contribution in [2.45, 2.75) is 39.0 Å². The minimum atomic E-state index is 0.0943. The van der Waals surface area contributed by atoms with Gasteiger partial charge in [-0.25, -0.2) is 9.97 Å². The minimum Gasteiger partial charge on any atom is -0.342 e. The number of aryl methyl sites for hydroxylation is 1. The number of anilines is 2. The topological polar surface area (TPSA) is 86.8 Å². The van der Waals surface area contributed by atoms with E-state index in [1.165, 1.54) is 10.4 Å². The van der Waals surface area contributed by atoms with Gasteiger partial charge in [0.2, 0.25) is 5.91 Å². The number of aromatic nitrogens is 4. The third kappa shape index (κ3) is 3.43. The third-order valence-electron chi connectivity index (χ3n) is 6.99. The number of hydrogen-bond donors (Lipinski definition) is 2. The van der Waals surface area contributed by atoms with E-state index in [1.807, 2.05) is 18.3 Å². The molecule has 1 unspecified atom stereocenters. The van der Waals surface area contributed by atoms with Crippen LogP contribution in [0, 0.1) is 11.8 Å². The quantitative estimate of drug-likeness (QED) is 0.477. The molecule has 2 N–H and O–H groups in total. The second kappa shape index (κ2) is 7.85. The van der Waals surface area contributed by atoms with E-state index in [-0.39, 0.29) is 5.92 Å². The Balaban J connectivity index is 1.27. The fourth-order valence-corrected chi connectivity index (χ4v) is 6.33. The second-order valence-corrected chi connectivity index (χ2v) is 10.2. The van der Waals surface area contributed by atoms with Crippen LogP contribution in [-0.2, 0) is 17.6 Å². The number of hydrogen-bond acceptors (Lipinski definition) is 6. The van der Waals surface area contributed by atoms with E-state index in [2.05, 4.69) is 43.4 Å². The van der Waals surface area contributed by atoms with E-state index >= 15 is 0 Å². The zero-order valence-electron chi connectivity index (χ0n) is 18.1. The lowest BCUT2D eigenvalue weighted by Crippen LogP contribution is -2.42. The minimum absolute atomic E-state index is 0.0943. The molecule has 1 atom stereocenters. The highest BCUT2D eigenvalue weighted by molar-refractivity contribution is 7.19. The van der Waals surface area contributed by atoms with Crippen LogP contribution >= 0.6 is 11.3 Å². The Hall–Kier alpha value is -3.00. The fraction of sp³-hybridized carbons (Fsp3) is 0.417. The van der Waals surface area contributed by atoms with Gasteiger partial charge >= 0.3 is 0 Å². The van der Waals surface area contributed by atoms with Crippen LogP contribution in [0.15, 0.2) is 30.7 Å². The second-order valence-electron chi connectivity index (χ2n) is 9.15. The van der Waals surface area contributed by atoms with E-state index in [9.17, 15) is 4.79 Å². The average molecular weight is 447 g/mol. The van der Waals surface area contributed by atoms with Gasteiger partial charge in [-0.05, 0) is 61.8 Å². The van der Waals surface area contributed by atoms with Crippen LogP contribution < -0.4 is 5.32 Å². The lowest BCUT2D eigenvalue weighted by atomic mass is 9.86. The lowest BCUT2D eigenvalue weighted by molar-refractivity contribution is -0.137. The van der Waals surface area contributed by atoms with Crippen molar-refractivity contribution >= 4 is 49.9 Å². The number of likely N-dealkylation sites (tertiary alicyclic amines) is 1. The summed E-state index contributed by atoms with van der Waals surface area (Å²) in [5, 5.41) is 12.7. The predicted octanol–water partition coefficient (Wildman–Crippen LogP) is 4.67. The summed E-state index contributed by atoms with van der Waals surface area (Å²) in [5.41, 5.74) is 3.30. The SMILES string of the molecule is CC1CCN(C(=O)C2CCc3c(sc4ncnc(Nc5ccc6[nH]ncc6c5)c34)C2)CC1. The van der Waals surface area contributed by atoms with Gasteiger partial charge < -0.3 is 10.2 Å². The average Bonchev–Trinajstić information content (AvgIpc) is 3.43. The molecule has 6 rings (SSSR count). The molecule has 1 saturated heterocycles. The molecule has 1 aromatic carbocycles. The molecule has 4 aromatic rings. The monoisotopic (exact) mass is 446 g/mol. The number of piperidine rings is 1. The molecule has 164 valence electrons. The van der Waals surface area contributed by atoms with Crippen molar-refractivity contribution in [2.24, 2.45) is 11.8 Å². The molecule has 1 fully saturated rings. The van der Waals surface area contributed by atoms with Gasteiger partial charge in [-0.15, -0.1) is 11.3 Å². The van der Waals surface area contributed by atoms with Crippen LogP contribution in [0.25, 0.3) is 21.1 Å². The highest BCUT2D eigenvalue weighted by atomic mass is 32.1. The maximum atomic E-state index is 13.2. The number of nitrogens with zero attached hydrogens (tertiary/aromatic N) is 4. The number of nitrogens with one attached hydrogen (secondary N) is 2. The van der Waals surface area contributed by atoms with Gasteiger partial charge in [0.05, 0.1) is 17.1 Å². The Morgan fingerprint density at radius 2 is 2.09 bits per heavy atom. The Bertz CT molecular complexity index is 1300. The van der Waals surface area contributed by atoms with Crippen molar-refractivity contribution in [3.63, 3.8) is 0 Å². The molecule has 2 aliphatic rings. The molecular weight excluding hydrogens is 420 g/mol. The molecular formula is C24H26N6OS. The molecule has 1 amide bonds. The van der Waals surface area contributed by atoms with Gasteiger partial charge in [-0.3, -0.25) is 9.89 Å². The number of H-pyrrole nitrogens is 1. The first-order valence-corrected chi connectivity index (χ1v) is 12.2. The van der Waals surface area contributed by atoms with Crippen LogP contribution in [0.4, 0.5) is 11.5 Å². The maximum Gasteiger partial charge on any atom is 0.226 e. The van der Waals surface area contributed by atoms with Crippen LogP contribution in [0.5, 0.6) is 0 Å².